The predicted molar refractivity (Wildman–Crippen MR) is 82.0 cm³/mol. The number of nitrogens with two attached hydrogens (primary N) is 1. The smallest absolute Gasteiger partial charge is 0.404 e. The summed E-state index contributed by atoms with van der Waals surface area (Å²) in [6.07, 6.45) is -9.15. The first-order valence-corrected chi connectivity index (χ1v) is 7.23. The number of aromatic nitrogens is 3. The highest BCUT2D eigenvalue weighted by Gasteiger charge is 2.57. The molecule has 0 saturated carbocycles. The van der Waals surface area contributed by atoms with Crippen molar-refractivity contribution in [3.05, 3.63) is 40.1 Å². The van der Waals surface area contributed by atoms with Gasteiger partial charge in [-0.25, -0.2) is 4.98 Å². The largest absolute Gasteiger partial charge is 0.455 e. The Kier molecular flexibility index (Phi) is 5.27. The van der Waals surface area contributed by atoms with Crippen LogP contribution in [0.3, 0.4) is 0 Å². The molecule has 154 valence electrons. The van der Waals surface area contributed by atoms with E-state index in [-0.39, 0.29) is 11.9 Å². The molecule has 0 atom stereocenters. The van der Waals surface area contributed by atoms with Gasteiger partial charge in [-0.3, -0.25) is 14.5 Å². The lowest BCUT2D eigenvalue weighted by Gasteiger charge is -2.17. The summed E-state index contributed by atoms with van der Waals surface area (Å²) in [6.45, 7) is -2.10. The molecule has 2 N–H and O–H groups in total. The van der Waals surface area contributed by atoms with Gasteiger partial charge in [0.05, 0.1) is 5.56 Å². The summed E-state index contributed by atoms with van der Waals surface area (Å²) in [5.74, 6) is -5.22. The number of halogens is 8. The van der Waals surface area contributed by atoms with Crippen molar-refractivity contribution in [3.63, 3.8) is 0 Å². The Morgan fingerprint density at radius 3 is 2.32 bits per heavy atom. The van der Waals surface area contributed by atoms with Crippen LogP contribution in [0.4, 0.5) is 35.1 Å². The predicted octanol–water partition coefficient (Wildman–Crippen LogP) is 2.62. The highest BCUT2D eigenvalue weighted by Crippen LogP contribution is 2.36. The summed E-state index contributed by atoms with van der Waals surface area (Å²) in [4.78, 5) is 18.7. The molecular weight excluding hydrogens is 406 g/mol. The first-order valence-electron chi connectivity index (χ1n) is 7.23. The zero-order valence-corrected chi connectivity index (χ0v) is 13.8. The van der Waals surface area contributed by atoms with Crippen LogP contribution in [0, 0.1) is 0 Å². The SMILES string of the molecule is Cn1ccc2nc(C(F)(F)F)c(/C(C=NCC(F)(F)C(F)(F)F)=C/N)c(=O)n21. The zero-order chi connectivity index (χ0) is 21.5. The molecule has 0 aromatic carbocycles. The molecule has 2 aromatic heterocycles. The molecule has 2 aromatic rings. The van der Waals surface area contributed by atoms with E-state index in [1.807, 2.05) is 0 Å². The average Bonchev–Trinajstić information content (AvgIpc) is 2.91. The van der Waals surface area contributed by atoms with Crippen LogP contribution in [0.15, 0.2) is 28.3 Å². The van der Waals surface area contributed by atoms with E-state index in [2.05, 4.69) is 9.98 Å². The quantitative estimate of drug-likeness (QED) is 0.614. The third-order valence-electron chi connectivity index (χ3n) is 3.51. The van der Waals surface area contributed by atoms with E-state index in [4.69, 9.17) is 5.73 Å². The standard InChI is InChI=1S/C14H11F8N5O/c1-26-3-2-8-25-10(13(17,18)19)9(11(28)27(8)26)7(4-23)5-24-6-12(15,16)14(20,21)22/h2-5H,6,23H2,1H3/b7-4+,24-5?. The molecule has 14 heteroatoms. The summed E-state index contributed by atoms with van der Waals surface area (Å²) in [6, 6.07) is 1.12. The fourth-order valence-corrected chi connectivity index (χ4v) is 2.19. The van der Waals surface area contributed by atoms with Gasteiger partial charge in [-0.1, -0.05) is 0 Å². The van der Waals surface area contributed by atoms with E-state index in [1.165, 1.54) is 13.2 Å². The zero-order valence-electron chi connectivity index (χ0n) is 13.8. The van der Waals surface area contributed by atoms with Crippen LogP contribution in [-0.4, -0.2) is 39.0 Å². The molecule has 0 amide bonds. The highest BCUT2D eigenvalue weighted by atomic mass is 19.4. The van der Waals surface area contributed by atoms with Crippen molar-refractivity contribution in [1.82, 2.24) is 14.2 Å². The van der Waals surface area contributed by atoms with Gasteiger partial charge in [0, 0.05) is 37.3 Å². The second kappa shape index (κ2) is 6.91. The second-order valence-electron chi connectivity index (χ2n) is 5.49. The van der Waals surface area contributed by atoms with E-state index in [0.717, 1.165) is 15.3 Å². The lowest BCUT2D eigenvalue weighted by Crippen LogP contribution is -2.39. The number of hydrogen-bond acceptors (Lipinski definition) is 4. The van der Waals surface area contributed by atoms with Gasteiger partial charge in [0.25, 0.3) is 5.56 Å². The molecule has 28 heavy (non-hydrogen) atoms. The van der Waals surface area contributed by atoms with Gasteiger partial charge in [-0.2, -0.15) is 39.6 Å². The van der Waals surface area contributed by atoms with Gasteiger partial charge in [0.2, 0.25) is 0 Å². The third-order valence-corrected chi connectivity index (χ3v) is 3.51. The first-order chi connectivity index (χ1) is 12.7. The molecular formula is C14H11F8N5O. The topological polar surface area (TPSA) is 77.7 Å². The van der Waals surface area contributed by atoms with Crippen LogP contribution in [0.1, 0.15) is 11.3 Å². The highest BCUT2D eigenvalue weighted by molar-refractivity contribution is 6.10. The van der Waals surface area contributed by atoms with Gasteiger partial charge in [0.15, 0.2) is 11.3 Å². The number of rotatable bonds is 4. The maximum absolute atomic E-state index is 13.3. The van der Waals surface area contributed by atoms with Crippen molar-refractivity contribution in [2.75, 3.05) is 6.54 Å². The van der Waals surface area contributed by atoms with Crippen LogP contribution < -0.4 is 11.3 Å². The van der Waals surface area contributed by atoms with E-state index in [1.54, 1.807) is 0 Å². The number of hydrogen-bond donors (Lipinski definition) is 1. The molecule has 0 radical (unpaired) electrons. The first kappa shape index (κ1) is 21.4. The minimum Gasteiger partial charge on any atom is -0.404 e. The number of allylic oxidation sites excluding steroid dienone is 1. The Morgan fingerprint density at radius 1 is 1.21 bits per heavy atom. The molecule has 0 aliphatic carbocycles. The van der Waals surface area contributed by atoms with Crippen LogP contribution in [-0.2, 0) is 13.2 Å². The van der Waals surface area contributed by atoms with Crippen molar-refractivity contribution in [2.24, 2.45) is 17.8 Å². The van der Waals surface area contributed by atoms with E-state index >= 15 is 0 Å². The fraction of sp³-hybridized carbons (Fsp3) is 0.357. The van der Waals surface area contributed by atoms with E-state index in [9.17, 15) is 39.9 Å². The van der Waals surface area contributed by atoms with Crippen molar-refractivity contribution in [2.45, 2.75) is 18.3 Å². The molecule has 0 aliphatic rings. The molecule has 0 saturated heterocycles. The van der Waals surface area contributed by atoms with Gasteiger partial charge in [-0.15, -0.1) is 0 Å². The van der Waals surface area contributed by atoms with Crippen molar-refractivity contribution >= 4 is 17.4 Å². The van der Waals surface area contributed by atoms with E-state index < -0.39 is 47.2 Å². The molecule has 0 aliphatic heterocycles. The fourth-order valence-electron chi connectivity index (χ4n) is 2.19. The van der Waals surface area contributed by atoms with E-state index in [0.29, 0.717) is 6.20 Å². The average molecular weight is 417 g/mol. The number of fused-ring (bicyclic) bond motifs is 1. The molecule has 6 nitrogen and oxygen atoms in total. The van der Waals surface area contributed by atoms with Crippen LogP contribution in [0.25, 0.3) is 11.2 Å². The summed E-state index contributed by atoms with van der Waals surface area (Å²) in [5, 5.41) is 0. The molecule has 0 spiro atoms. The van der Waals surface area contributed by atoms with Gasteiger partial charge >= 0.3 is 18.3 Å². The molecule has 0 unspecified atom stereocenters. The number of aliphatic imine (C=N–C) groups is 1. The Hall–Kier alpha value is -2.93. The number of nitrogens with zero attached hydrogens (tertiary/aromatic N) is 4. The van der Waals surface area contributed by atoms with Crippen molar-refractivity contribution in [3.8, 4) is 0 Å². The minimum absolute atomic E-state index is 0.239. The maximum atomic E-state index is 13.3. The molecule has 0 fully saturated rings. The normalized spacial score (nSPS) is 14.4. The van der Waals surface area contributed by atoms with Gasteiger partial charge < -0.3 is 5.73 Å². The molecule has 0 bridgehead atoms. The maximum Gasteiger partial charge on any atom is 0.455 e. The van der Waals surface area contributed by atoms with Crippen LogP contribution >= 0.6 is 0 Å². The van der Waals surface area contributed by atoms with Crippen molar-refractivity contribution < 1.29 is 35.1 Å². The van der Waals surface area contributed by atoms with Crippen molar-refractivity contribution in [1.29, 1.82) is 0 Å². The lowest BCUT2D eigenvalue weighted by molar-refractivity contribution is -0.276. The van der Waals surface area contributed by atoms with Gasteiger partial charge in [0.1, 0.15) is 6.54 Å². The summed E-state index contributed by atoms with van der Waals surface area (Å²) < 4.78 is 104. The number of alkyl halides is 8. The Bertz CT molecular complexity index is 996. The Labute approximate surface area is 150 Å². The monoisotopic (exact) mass is 417 g/mol. The lowest BCUT2D eigenvalue weighted by atomic mass is 10.1. The molecule has 2 rings (SSSR count). The molecule has 2 heterocycles. The minimum atomic E-state index is -5.91. The third kappa shape index (κ3) is 3.84. The summed E-state index contributed by atoms with van der Waals surface area (Å²) >= 11 is 0. The van der Waals surface area contributed by atoms with Gasteiger partial charge in [-0.05, 0) is 0 Å². The number of aryl methyl sites for hydroxylation is 1. The van der Waals surface area contributed by atoms with Crippen LogP contribution in [0.2, 0.25) is 0 Å². The second-order valence-corrected chi connectivity index (χ2v) is 5.49. The Morgan fingerprint density at radius 2 is 1.82 bits per heavy atom. The summed E-state index contributed by atoms with van der Waals surface area (Å²) in [5.41, 5.74) is -0.114. The summed E-state index contributed by atoms with van der Waals surface area (Å²) in [7, 11) is 1.32. The van der Waals surface area contributed by atoms with Crippen LogP contribution in [0.5, 0.6) is 0 Å². The Balaban J connectivity index is 2.61.